The molecule has 1 aromatic rings. The van der Waals surface area contributed by atoms with E-state index < -0.39 is 0 Å². The highest BCUT2D eigenvalue weighted by atomic mass is 14.9. The molecule has 1 heterocycles. The van der Waals surface area contributed by atoms with Crippen LogP contribution in [0.15, 0.2) is 0 Å². The van der Waals surface area contributed by atoms with Crippen molar-refractivity contribution in [2.45, 2.75) is 84.6 Å². The number of aromatic nitrogens is 2. The topological polar surface area (TPSA) is 37.8 Å². The molecule has 0 bridgehead atoms. The lowest BCUT2D eigenvalue weighted by Gasteiger charge is -2.23. The average Bonchev–Trinajstić information content (AvgIpc) is 2.41. The van der Waals surface area contributed by atoms with Crippen molar-refractivity contribution in [1.82, 2.24) is 15.3 Å². The van der Waals surface area contributed by atoms with Crippen LogP contribution in [0.4, 0.5) is 0 Å². The Balaban J connectivity index is 2.06. The maximum atomic E-state index is 4.83. The van der Waals surface area contributed by atoms with Gasteiger partial charge in [-0.15, -0.1) is 0 Å². The van der Waals surface area contributed by atoms with Gasteiger partial charge in [-0.1, -0.05) is 19.3 Å². The van der Waals surface area contributed by atoms with Crippen LogP contribution in [0.25, 0.3) is 0 Å². The Bertz CT molecular complexity index is 445. The Morgan fingerprint density at radius 2 is 1.57 bits per heavy atom. The molecule has 0 amide bonds. The van der Waals surface area contributed by atoms with Crippen LogP contribution in [-0.4, -0.2) is 22.1 Å². The van der Waals surface area contributed by atoms with E-state index >= 15 is 0 Å². The third-order valence-electron chi connectivity index (χ3n) is 4.44. The largest absolute Gasteiger partial charge is 0.312 e. The van der Waals surface area contributed by atoms with Gasteiger partial charge < -0.3 is 5.32 Å². The first-order valence-electron chi connectivity index (χ1n) is 8.46. The normalized spacial score (nSPS) is 17.2. The van der Waals surface area contributed by atoms with Crippen molar-refractivity contribution >= 4 is 0 Å². The first-order valence-corrected chi connectivity index (χ1v) is 8.46. The molecule has 1 saturated carbocycles. The highest BCUT2D eigenvalue weighted by molar-refractivity contribution is 5.25. The van der Waals surface area contributed by atoms with Crippen LogP contribution in [0.5, 0.6) is 0 Å². The summed E-state index contributed by atoms with van der Waals surface area (Å²) in [5.41, 5.74) is 3.86. The predicted molar refractivity (Wildman–Crippen MR) is 88.8 cm³/mol. The summed E-state index contributed by atoms with van der Waals surface area (Å²) < 4.78 is 0. The highest BCUT2D eigenvalue weighted by Crippen LogP contribution is 2.31. The number of hydrogen-bond acceptors (Lipinski definition) is 3. The van der Waals surface area contributed by atoms with E-state index in [-0.39, 0.29) is 5.54 Å². The molecule has 21 heavy (non-hydrogen) atoms. The van der Waals surface area contributed by atoms with Gasteiger partial charge in [0.2, 0.25) is 0 Å². The third-order valence-corrected chi connectivity index (χ3v) is 4.44. The van der Waals surface area contributed by atoms with E-state index in [1.807, 2.05) is 0 Å². The summed E-state index contributed by atoms with van der Waals surface area (Å²) in [6.07, 6.45) is 7.60. The Morgan fingerprint density at radius 1 is 1.00 bits per heavy atom. The molecular weight excluding hydrogens is 258 g/mol. The number of hydrogen-bond donors (Lipinski definition) is 1. The number of nitrogens with one attached hydrogen (secondary N) is 1. The lowest BCUT2D eigenvalue weighted by Crippen LogP contribution is -2.37. The van der Waals surface area contributed by atoms with Crippen LogP contribution in [0, 0.1) is 13.8 Å². The van der Waals surface area contributed by atoms with E-state index in [0.717, 1.165) is 18.8 Å². The summed E-state index contributed by atoms with van der Waals surface area (Å²) >= 11 is 0. The zero-order valence-electron chi connectivity index (χ0n) is 14.4. The molecule has 1 aromatic heterocycles. The van der Waals surface area contributed by atoms with Gasteiger partial charge in [-0.3, -0.25) is 0 Å². The smallest absolute Gasteiger partial charge is 0.131 e. The lowest BCUT2D eigenvalue weighted by atomic mass is 9.88. The van der Waals surface area contributed by atoms with Gasteiger partial charge in [-0.2, -0.15) is 0 Å². The van der Waals surface area contributed by atoms with E-state index in [9.17, 15) is 0 Å². The Hall–Kier alpha value is -0.960. The first-order chi connectivity index (χ1) is 9.87. The van der Waals surface area contributed by atoms with E-state index in [2.05, 4.69) is 39.9 Å². The predicted octanol–water partition coefficient (Wildman–Crippen LogP) is 4.07. The van der Waals surface area contributed by atoms with Gasteiger partial charge in [0, 0.05) is 22.8 Å². The summed E-state index contributed by atoms with van der Waals surface area (Å²) in [6.45, 7) is 11.9. The summed E-state index contributed by atoms with van der Waals surface area (Å²) in [5.74, 6) is 1.69. The van der Waals surface area contributed by atoms with Crippen molar-refractivity contribution in [3.8, 4) is 0 Å². The molecule has 1 aliphatic rings. The number of nitrogens with zero attached hydrogens (tertiary/aromatic N) is 2. The molecule has 0 saturated heterocycles. The van der Waals surface area contributed by atoms with Gasteiger partial charge >= 0.3 is 0 Å². The van der Waals surface area contributed by atoms with E-state index in [0.29, 0.717) is 5.92 Å². The minimum Gasteiger partial charge on any atom is -0.312 e. The molecule has 0 unspecified atom stereocenters. The SMILES string of the molecule is Cc1nc(C2CCCCC2)nc(C)c1CCNC(C)(C)C. The number of aryl methyl sites for hydroxylation is 2. The van der Waals surface area contributed by atoms with Crippen molar-refractivity contribution in [2.75, 3.05) is 6.54 Å². The van der Waals surface area contributed by atoms with Crippen LogP contribution in [0.3, 0.4) is 0 Å². The van der Waals surface area contributed by atoms with Crippen LogP contribution in [0.2, 0.25) is 0 Å². The van der Waals surface area contributed by atoms with Crippen LogP contribution in [-0.2, 0) is 6.42 Å². The quantitative estimate of drug-likeness (QED) is 0.908. The maximum absolute atomic E-state index is 4.83. The molecule has 3 heteroatoms. The molecule has 3 nitrogen and oxygen atoms in total. The summed E-state index contributed by atoms with van der Waals surface area (Å²) in [4.78, 5) is 9.67. The van der Waals surface area contributed by atoms with Gasteiger partial charge in [0.15, 0.2) is 0 Å². The first kappa shape index (κ1) is 16.4. The fourth-order valence-corrected chi connectivity index (χ4v) is 3.23. The molecule has 0 radical (unpaired) electrons. The van der Waals surface area contributed by atoms with Gasteiger partial charge in [-0.25, -0.2) is 9.97 Å². The minimum atomic E-state index is 0.171. The van der Waals surface area contributed by atoms with Crippen LogP contribution < -0.4 is 5.32 Å². The average molecular weight is 289 g/mol. The monoisotopic (exact) mass is 289 g/mol. The zero-order valence-corrected chi connectivity index (χ0v) is 14.4. The Labute approximate surface area is 130 Å². The summed E-state index contributed by atoms with van der Waals surface area (Å²) in [7, 11) is 0. The molecule has 0 spiro atoms. The Kier molecular flexibility index (Phi) is 5.37. The fraction of sp³-hybridized carbons (Fsp3) is 0.778. The van der Waals surface area contributed by atoms with Crippen molar-refractivity contribution < 1.29 is 0 Å². The fourth-order valence-electron chi connectivity index (χ4n) is 3.23. The van der Waals surface area contributed by atoms with Gasteiger partial charge in [-0.05, 0) is 66.0 Å². The number of rotatable bonds is 4. The molecule has 0 atom stereocenters. The van der Waals surface area contributed by atoms with Crippen molar-refractivity contribution in [3.05, 3.63) is 22.8 Å². The van der Waals surface area contributed by atoms with E-state index in [1.54, 1.807) is 0 Å². The second-order valence-electron chi connectivity index (χ2n) is 7.49. The van der Waals surface area contributed by atoms with Gasteiger partial charge in [0.05, 0.1) is 0 Å². The molecule has 1 N–H and O–H groups in total. The molecule has 2 rings (SSSR count). The van der Waals surface area contributed by atoms with E-state index in [4.69, 9.17) is 9.97 Å². The second kappa shape index (κ2) is 6.87. The zero-order chi connectivity index (χ0) is 15.5. The standard InChI is InChI=1S/C18H31N3/c1-13-16(11-12-19-18(3,4)5)14(2)21-17(20-13)15-9-7-6-8-10-15/h15,19H,6-12H2,1-5H3. The van der Waals surface area contributed by atoms with Crippen LogP contribution in [0.1, 0.15) is 81.6 Å². The molecule has 0 aliphatic heterocycles. The summed E-state index contributed by atoms with van der Waals surface area (Å²) in [5, 5.41) is 3.55. The molecule has 0 aromatic carbocycles. The van der Waals surface area contributed by atoms with Crippen molar-refractivity contribution in [3.63, 3.8) is 0 Å². The van der Waals surface area contributed by atoms with E-state index in [1.165, 1.54) is 49.1 Å². The minimum absolute atomic E-state index is 0.171. The second-order valence-corrected chi connectivity index (χ2v) is 7.49. The summed E-state index contributed by atoms with van der Waals surface area (Å²) in [6, 6.07) is 0. The maximum Gasteiger partial charge on any atom is 0.131 e. The molecule has 1 fully saturated rings. The van der Waals surface area contributed by atoms with Crippen LogP contribution >= 0.6 is 0 Å². The Morgan fingerprint density at radius 3 is 2.10 bits per heavy atom. The molecule has 118 valence electrons. The van der Waals surface area contributed by atoms with Crippen molar-refractivity contribution in [1.29, 1.82) is 0 Å². The molecular formula is C18H31N3. The molecule has 1 aliphatic carbocycles. The third kappa shape index (κ3) is 4.77. The highest BCUT2D eigenvalue weighted by Gasteiger charge is 2.20. The van der Waals surface area contributed by atoms with Crippen molar-refractivity contribution in [2.24, 2.45) is 0 Å². The van der Waals surface area contributed by atoms with Gasteiger partial charge in [0.25, 0.3) is 0 Å². The lowest BCUT2D eigenvalue weighted by molar-refractivity contribution is 0.423. The van der Waals surface area contributed by atoms with Gasteiger partial charge in [0.1, 0.15) is 5.82 Å².